The van der Waals surface area contributed by atoms with Crippen molar-refractivity contribution in [2.45, 2.75) is 55.8 Å². The van der Waals surface area contributed by atoms with Crippen LogP contribution >= 0.6 is 24.4 Å². The minimum Gasteiger partial charge on any atom is -0.489 e. The molecule has 0 bridgehead atoms. The Morgan fingerprint density at radius 3 is 2.07 bits per heavy atom. The molecule has 6 N–H and O–H groups in total. The maximum absolute atomic E-state index is 13.0. The molecule has 0 spiro atoms. The molecule has 0 unspecified atom stereocenters. The number of aliphatic carboxylic acids is 3. The van der Waals surface area contributed by atoms with Crippen molar-refractivity contribution >= 4 is 48.2 Å². The van der Waals surface area contributed by atoms with Crippen LogP contribution in [0.4, 0.5) is 26.3 Å². The first-order valence-corrected chi connectivity index (χ1v) is 15.0. The van der Waals surface area contributed by atoms with Gasteiger partial charge in [-0.05, 0) is 37.0 Å². The average Bonchev–Trinajstić information content (AvgIpc) is 3.35. The molecule has 1 aliphatic rings. The van der Waals surface area contributed by atoms with Crippen molar-refractivity contribution < 1.29 is 65.6 Å². The number of likely N-dealkylation sites (tertiary alicyclic amines) is 1. The Labute approximate surface area is 264 Å². The molecule has 0 aromatic heterocycles. The van der Waals surface area contributed by atoms with Gasteiger partial charge in [0.2, 0.25) is 5.91 Å². The number of nitrogens with zero attached hydrogens (tertiary/aromatic N) is 1. The van der Waals surface area contributed by atoms with Gasteiger partial charge in [0.25, 0.3) is 0 Å². The lowest BCUT2D eigenvalue weighted by Gasteiger charge is -2.24. The fourth-order valence-electron chi connectivity index (χ4n) is 3.49. The summed E-state index contributed by atoms with van der Waals surface area (Å²) in [6, 6.07) is 8.11. The number of carboxylic acids is 3. The zero-order valence-corrected chi connectivity index (χ0v) is 25.5. The molecule has 45 heavy (non-hydrogen) atoms. The van der Waals surface area contributed by atoms with Gasteiger partial charge >= 0.3 is 30.3 Å². The highest BCUT2D eigenvalue weighted by Gasteiger charge is 2.40. The highest BCUT2D eigenvalue weighted by Crippen LogP contribution is 2.24. The van der Waals surface area contributed by atoms with E-state index in [-0.39, 0.29) is 18.1 Å². The van der Waals surface area contributed by atoms with Gasteiger partial charge in [-0.25, -0.2) is 14.4 Å². The van der Waals surface area contributed by atoms with Crippen molar-refractivity contribution in [2.24, 2.45) is 5.73 Å². The van der Waals surface area contributed by atoms with Gasteiger partial charge in [0, 0.05) is 31.3 Å². The number of thiol groups is 1. The van der Waals surface area contributed by atoms with Gasteiger partial charge in [-0.3, -0.25) is 9.69 Å². The van der Waals surface area contributed by atoms with Crippen LogP contribution in [-0.2, 0) is 19.2 Å². The second-order valence-corrected chi connectivity index (χ2v) is 10.5. The topological polar surface area (TPSA) is 179 Å². The van der Waals surface area contributed by atoms with Crippen LogP contribution in [0.3, 0.4) is 0 Å². The zero-order chi connectivity index (χ0) is 34.8. The largest absolute Gasteiger partial charge is 0.490 e. The number of ether oxygens (including phenoxy) is 1. The summed E-state index contributed by atoms with van der Waals surface area (Å²) >= 11 is 5.73. The first-order chi connectivity index (χ1) is 20.8. The second kappa shape index (κ2) is 20.8. The number of carbonyl (C=O) groups is 4. The number of thioether (sulfide) groups is 1. The van der Waals surface area contributed by atoms with Crippen LogP contribution in [0.5, 0.6) is 5.75 Å². The van der Waals surface area contributed by atoms with Crippen LogP contribution in [-0.4, -0.2) is 111 Å². The van der Waals surface area contributed by atoms with Crippen LogP contribution in [0.15, 0.2) is 42.5 Å². The predicted molar refractivity (Wildman–Crippen MR) is 156 cm³/mol. The number of hydrogen-bond donors (Lipinski definition) is 6. The zero-order valence-electron chi connectivity index (χ0n) is 23.8. The van der Waals surface area contributed by atoms with Crippen LogP contribution in [0.2, 0.25) is 0 Å². The molecule has 2 rings (SSSR count). The fourth-order valence-corrected chi connectivity index (χ4v) is 4.08. The molecule has 1 fully saturated rings. The molecule has 19 heteroatoms. The number of nitrogens with two attached hydrogens (primary N) is 1. The van der Waals surface area contributed by atoms with Crippen molar-refractivity contribution in [1.82, 2.24) is 10.2 Å². The quantitative estimate of drug-likeness (QED) is 0.101. The van der Waals surface area contributed by atoms with Crippen molar-refractivity contribution in [3.63, 3.8) is 0 Å². The van der Waals surface area contributed by atoms with E-state index in [2.05, 4.69) is 22.8 Å². The van der Waals surface area contributed by atoms with E-state index in [0.29, 0.717) is 37.4 Å². The number of nitrogens with one attached hydrogen (secondary N) is 1. The number of hydrogen-bond acceptors (Lipinski definition) is 9. The van der Waals surface area contributed by atoms with Crippen LogP contribution < -0.4 is 15.8 Å². The Kier molecular flexibility index (Phi) is 19.3. The third kappa shape index (κ3) is 18.4. The SMILES string of the molecule is CSCC[C@H](NC(=O)[C@@H]1C[C@H](Oc2ccccc2)CN1CC/C=C/[C@@H](N)CS)C(=O)O.O=C(O)C(F)(F)F.O=C(O)C(F)(F)F. The van der Waals surface area contributed by atoms with E-state index < -0.39 is 42.3 Å². The molecule has 4 atom stereocenters. The molecule has 1 aromatic rings. The molecular formula is C26H35F6N3O8S2. The van der Waals surface area contributed by atoms with E-state index in [0.717, 1.165) is 12.2 Å². The normalized spacial score (nSPS) is 18.1. The lowest BCUT2D eigenvalue weighted by atomic mass is 10.1. The van der Waals surface area contributed by atoms with E-state index >= 15 is 0 Å². The second-order valence-electron chi connectivity index (χ2n) is 9.15. The summed E-state index contributed by atoms with van der Waals surface area (Å²) in [6.45, 7) is 1.26. The van der Waals surface area contributed by atoms with E-state index in [1.807, 2.05) is 48.7 Å². The van der Waals surface area contributed by atoms with Gasteiger partial charge in [0.05, 0.1) is 6.04 Å². The predicted octanol–water partition coefficient (Wildman–Crippen LogP) is 3.30. The summed E-state index contributed by atoms with van der Waals surface area (Å²) in [7, 11) is 0. The van der Waals surface area contributed by atoms with Crippen molar-refractivity contribution in [3.05, 3.63) is 42.5 Å². The van der Waals surface area contributed by atoms with Crippen LogP contribution in [0.25, 0.3) is 0 Å². The Bertz CT molecular complexity index is 1070. The Morgan fingerprint density at radius 1 is 1.09 bits per heavy atom. The summed E-state index contributed by atoms with van der Waals surface area (Å²) in [6.07, 6.45) is -2.84. The molecule has 0 saturated carbocycles. The Morgan fingerprint density at radius 2 is 1.62 bits per heavy atom. The molecule has 1 amide bonds. The maximum atomic E-state index is 13.0. The smallest absolute Gasteiger partial charge is 0.489 e. The summed E-state index contributed by atoms with van der Waals surface area (Å²) in [5.74, 6) is -4.78. The van der Waals surface area contributed by atoms with E-state index in [9.17, 15) is 41.0 Å². The van der Waals surface area contributed by atoms with E-state index in [4.69, 9.17) is 30.3 Å². The van der Waals surface area contributed by atoms with Crippen LogP contribution in [0, 0.1) is 0 Å². The number of para-hydroxylation sites is 1. The average molecular weight is 696 g/mol. The van der Waals surface area contributed by atoms with Gasteiger partial charge in [0.1, 0.15) is 17.9 Å². The minimum atomic E-state index is -5.08. The van der Waals surface area contributed by atoms with Gasteiger partial charge in [0.15, 0.2) is 0 Å². The lowest BCUT2D eigenvalue weighted by molar-refractivity contribution is -0.193. The standard InChI is InChI=1S/C22H33N3O4S2.2C2HF3O2/c1-31-12-10-19(22(27)28)24-21(26)20-13-18(29-17-8-3-2-4-9-17)14-25(20)11-6-5-7-16(23)15-30;2*3-2(4,5)1(6)7/h2-5,7-9,16,18-20,30H,6,10-15,23H2,1H3,(H,24,26)(H,27,28);2*(H,6,7)/b7-5+;;/t16-,18+,19+,20+;;/m1../s1. The summed E-state index contributed by atoms with van der Waals surface area (Å²) < 4.78 is 69.5. The third-order valence-electron chi connectivity index (χ3n) is 5.60. The number of amides is 1. The molecule has 1 heterocycles. The number of rotatable bonds is 13. The molecule has 1 aromatic carbocycles. The van der Waals surface area contributed by atoms with E-state index in [1.165, 1.54) is 0 Å². The monoisotopic (exact) mass is 695 g/mol. The maximum Gasteiger partial charge on any atom is 0.490 e. The molecule has 1 aliphatic heterocycles. The molecule has 11 nitrogen and oxygen atoms in total. The van der Waals surface area contributed by atoms with Crippen LogP contribution in [0.1, 0.15) is 19.3 Å². The summed E-state index contributed by atoms with van der Waals surface area (Å²) in [4.78, 5) is 44.4. The summed E-state index contributed by atoms with van der Waals surface area (Å²) in [5, 5.41) is 26.4. The number of carbonyl (C=O) groups excluding carboxylic acids is 1. The first-order valence-electron chi connectivity index (χ1n) is 12.9. The lowest BCUT2D eigenvalue weighted by Crippen LogP contribution is -2.49. The molecule has 0 radical (unpaired) electrons. The Hall–Kier alpha value is -3.16. The fraction of sp³-hybridized carbons (Fsp3) is 0.538. The van der Waals surface area contributed by atoms with Gasteiger partial charge in [-0.15, -0.1) is 0 Å². The number of alkyl halides is 6. The molecule has 0 aliphatic carbocycles. The Balaban J connectivity index is 0.00000114. The van der Waals surface area contributed by atoms with Crippen molar-refractivity contribution in [2.75, 3.05) is 30.9 Å². The number of halogens is 6. The highest BCUT2D eigenvalue weighted by molar-refractivity contribution is 7.98. The molecule has 256 valence electrons. The third-order valence-corrected chi connectivity index (χ3v) is 6.67. The summed E-state index contributed by atoms with van der Waals surface area (Å²) in [5.41, 5.74) is 5.86. The van der Waals surface area contributed by atoms with Gasteiger partial charge < -0.3 is 31.1 Å². The first kappa shape index (κ1) is 41.8. The molecule has 1 saturated heterocycles. The van der Waals surface area contributed by atoms with E-state index in [1.54, 1.807) is 11.8 Å². The van der Waals surface area contributed by atoms with Gasteiger partial charge in [-0.2, -0.15) is 50.7 Å². The van der Waals surface area contributed by atoms with Crippen molar-refractivity contribution in [1.29, 1.82) is 0 Å². The number of carboxylic acid groups (broad SMARTS) is 3. The van der Waals surface area contributed by atoms with Crippen molar-refractivity contribution in [3.8, 4) is 5.75 Å². The highest BCUT2D eigenvalue weighted by atomic mass is 32.2. The van der Waals surface area contributed by atoms with Gasteiger partial charge in [-0.1, -0.05) is 30.4 Å². The number of benzene rings is 1. The molecular weight excluding hydrogens is 660 g/mol. The minimum absolute atomic E-state index is 0.0945.